The second kappa shape index (κ2) is 9.42. The van der Waals surface area contributed by atoms with Crippen molar-refractivity contribution >= 4 is 33.8 Å². The monoisotopic (exact) mass is 497 g/mol. The molecule has 2 aromatic rings. The first kappa shape index (κ1) is 22.5. The maximum atomic E-state index is 13.1. The number of hydrogen-bond donors (Lipinski definition) is 2. The molecule has 0 aromatic heterocycles. The third kappa shape index (κ3) is 4.71. The van der Waals surface area contributed by atoms with E-state index in [1.807, 2.05) is 42.8 Å². The minimum absolute atomic E-state index is 0.132. The van der Waals surface area contributed by atoms with E-state index in [1.54, 1.807) is 12.1 Å². The Morgan fingerprint density at radius 3 is 2.47 bits per heavy atom. The van der Waals surface area contributed by atoms with E-state index in [9.17, 15) is 14.4 Å². The van der Waals surface area contributed by atoms with Crippen molar-refractivity contribution in [2.75, 3.05) is 19.6 Å². The van der Waals surface area contributed by atoms with Crippen LogP contribution in [0.1, 0.15) is 40.7 Å². The highest BCUT2D eigenvalue weighted by Crippen LogP contribution is 2.30. The molecule has 0 unspecified atom stereocenters. The van der Waals surface area contributed by atoms with Gasteiger partial charge in [0, 0.05) is 23.1 Å². The number of rotatable bonds is 7. The van der Waals surface area contributed by atoms with Crippen molar-refractivity contribution in [2.24, 2.45) is 5.73 Å². The molecule has 32 heavy (non-hydrogen) atoms. The average Bonchev–Trinajstić information content (AvgIpc) is 3.01. The molecule has 2 aliphatic heterocycles. The Labute approximate surface area is 196 Å². The lowest BCUT2D eigenvalue weighted by Gasteiger charge is -2.37. The summed E-state index contributed by atoms with van der Waals surface area (Å²) in [5.74, 6) is -0.563. The summed E-state index contributed by atoms with van der Waals surface area (Å²) in [6, 6.07) is 14.6. The zero-order valence-corrected chi connectivity index (χ0v) is 19.3. The van der Waals surface area contributed by atoms with Gasteiger partial charge < -0.3 is 16.0 Å². The number of hydrogen-bond acceptors (Lipinski definition) is 4. The first-order valence-corrected chi connectivity index (χ1v) is 11.5. The highest BCUT2D eigenvalue weighted by atomic mass is 79.9. The first-order valence-electron chi connectivity index (χ1n) is 10.7. The summed E-state index contributed by atoms with van der Waals surface area (Å²) >= 11 is 3.40. The first-order chi connectivity index (χ1) is 15.4. The summed E-state index contributed by atoms with van der Waals surface area (Å²) in [7, 11) is 0. The number of imide groups is 1. The highest BCUT2D eigenvalue weighted by Gasteiger charge is 2.52. The summed E-state index contributed by atoms with van der Waals surface area (Å²) in [6.45, 7) is 2.54. The van der Waals surface area contributed by atoms with Crippen LogP contribution in [-0.4, -0.2) is 52.8 Å². The Morgan fingerprint density at radius 1 is 1.09 bits per heavy atom. The fraction of sp³-hybridized carbons (Fsp3) is 0.333. The van der Waals surface area contributed by atoms with Gasteiger partial charge in [0.15, 0.2) is 0 Å². The predicted molar refractivity (Wildman–Crippen MR) is 125 cm³/mol. The van der Waals surface area contributed by atoms with Crippen molar-refractivity contribution in [3.05, 3.63) is 76.1 Å². The normalized spacial score (nSPS) is 18.2. The second-order valence-electron chi connectivity index (χ2n) is 8.32. The Balaban J connectivity index is 1.30. The molecular weight excluding hydrogens is 472 g/mol. The fourth-order valence-electron chi connectivity index (χ4n) is 4.39. The van der Waals surface area contributed by atoms with Crippen molar-refractivity contribution in [1.82, 2.24) is 15.1 Å². The van der Waals surface area contributed by atoms with Gasteiger partial charge in [0.1, 0.15) is 5.54 Å². The van der Waals surface area contributed by atoms with Gasteiger partial charge in [-0.05, 0) is 61.6 Å². The molecule has 2 saturated heterocycles. The van der Waals surface area contributed by atoms with Gasteiger partial charge in [0.05, 0.1) is 6.54 Å². The van der Waals surface area contributed by atoms with Crippen LogP contribution >= 0.6 is 15.9 Å². The topological polar surface area (TPSA) is 95.7 Å². The molecule has 0 atom stereocenters. The quantitative estimate of drug-likeness (QED) is 0.574. The molecule has 4 rings (SSSR count). The summed E-state index contributed by atoms with van der Waals surface area (Å²) in [5.41, 5.74) is 6.92. The molecule has 1 radical (unpaired) electrons. The van der Waals surface area contributed by atoms with Crippen LogP contribution in [0.25, 0.3) is 0 Å². The van der Waals surface area contributed by atoms with Gasteiger partial charge in [-0.2, -0.15) is 0 Å². The molecule has 0 saturated carbocycles. The van der Waals surface area contributed by atoms with Gasteiger partial charge in [-0.15, -0.1) is 0 Å². The third-order valence-electron chi connectivity index (χ3n) is 6.25. The van der Waals surface area contributed by atoms with Crippen LogP contribution in [0.2, 0.25) is 0 Å². The Morgan fingerprint density at radius 2 is 1.78 bits per heavy atom. The van der Waals surface area contributed by atoms with Crippen molar-refractivity contribution in [3.63, 3.8) is 0 Å². The lowest BCUT2D eigenvalue weighted by atomic mass is 9.87. The van der Waals surface area contributed by atoms with Crippen molar-refractivity contribution in [1.29, 1.82) is 0 Å². The predicted octanol–water partition coefficient (Wildman–Crippen LogP) is 3.08. The summed E-state index contributed by atoms with van der Waals surface area (Å²) < 4.78 is 0.956. The number of primary amides is 1. The number of nitrogens with one attached hydrogen (secondary N) is 1. The molecule has 0 bridgehead atoms. The van der Waals surface area contributed by atoms with Crippen LogP contribution in [0.5, 0.6) is 0 Å². The van der Waals surface area contributed by atoms with Crippen molar-refractivity contribution in [3.8, 4) is 0 Å². The van der Waals surface area contributed by atoms with E-state index in [4.69, 9.17) is 5.73 Å². The van der Waals surface area contributed by atoms with E-state index in [-0.39, 0.29) is 18.5 Å². The van der Waals surface area contributed by atoms with Crippen molar-refractivity contribution < 1.29 is 14.4 Å². The minimum Gasteiger partial charge on any atom is -0.366 e. The number of carbonyl (C=O) groups is 3. The molecule has 7 nitrogen and oxygen atoms in total. The fourth-order valence-corrected chi connectivity index (χ4v) is 4.66. The van der Waals surface area contributed by atoms with Crippen LogP contribution in [0, 0.1) is 6.42 Å². The van der Waals surface area contributed by atoms with Crippen LogP contribution < -0.4 is 11.1 Å². The molecule has 3 N–H and O–H groups in total. The number of urea groups is 1. The molecule has 2 fully saturated rings. The van der Waals surface area contributed by atoms with Gasteiger partial charge in [0.25, 0.3) is 5.91 Å². The SMILES string of the molecule is NC(=O)c1ccccc1[CH]CCN1CCC2(CC1)NC(=O)N(Cc1ccc(Br)cc1)C2=O. The van der Waals surface area contributed by atoms with E-state index >= 15 is 0 Å². The van der Waals surface area contributed by atoms with E-state index in [1.165, 1.54) is 4.90 Å². The summed E-state index contributed by atoms with van der Waals surface area (Å²) in [4.78, 5) is 40.9. The summed E-state index contributed by atoms with van der Waals surface area (Å²) in [5, 5.41) is 2.97. The number of halogens is 1. The number of nitrogens with zero attached hydrogens (tertiary/aromatic N) is 2. The molecule has 2 heterocycles. The maximum absolute atomic E-state index is 13.1. The molecular formula is C24H26BrN4O3. The number of nitrogens with two attached hydrogens (primary N) is 1. The number of benzene rings is 2. The molecule has 167 valence electrons. The van der Waals surface area contributed by atoms with Crippen molar-refractivity contribution in [2.45, 2.75) is 31.3 Å². The van der Waals surface area contributed by atoms with Gasteiger partial charge in [0.2, 0.25) is 5.91 Å². The largest absolute Gasteiger partial charge is 0.366 e. The minimum atomic E-state index is -0.800. The number of piperidine rings is 1. The van der Waals surface area contributed by atoms with Crippen LogP contribution in [0.4, 0.5) is 4.79 Å². The Hall–Kier alpha value is -2.71. The smallest absolute Gasteiger partial charge is 0.325 e. The molecule has 4 amide bonds. The summed E-state index contributed by atoms with van der Waals surface area (Å²) in [6.07, 6.45) is 3.97. The van der Waals surface area contributed by atoms with Crippen LogP contribution in [-0.2, 0) is 11.3 Å². The van der Waals surface area contributed by atoms with E-state index in [0.717, 1.165) is 41.7 Å². The second-order valence-corrected chi connectivity index (χ2v) is 9.23. The van der Waals surface area contributed by atoms with Gasteiger partial charge in [-0.3, -0.25) is 14.5 Å². The number of amides is 4. The average molecular weight is 498 g/mol. The zero-order valence-electron chi connectivity index (χ0n) is 17.7. The zero-order chi connectivity index (χ0) is 22.7. The lowest BCUT2D eigenvalue weighted by molar-refractivity contribution is -0.133. The number of carbonyl (C=O) groups excluding carboxylic acids is 3. The van der Waals surface area contributed by atoms with Gasteiger partial charge in [-0.25, -0.2) is 4.79 Å². The van der Waals surface area contributed by atoms with E-state index in [0.29, 0.717) is 18.4 Å². The molecule has 2 aromatic carbocycles. The molecule has 2 aliphatic rings. The van der Waals surface area contributed by atoms with E-state index in [2.05, 4.69) is 26.1 Å². The molecule has 0 aliphatic carbocycles. The van der Waals surface area contributed by atoms with Gasteiger partial charge >= 0.3 is 6.03 Å². The third-order valence-corrected chi connectivity index (χ3v) is 6.77. The van der Waals surface area contributed by atoms with Crippen LogP contribution in [0.15, 0.2) is 53.0 Å². The number of likely N-dealkylation sites (tertiary alicyclic amines) is 1. The molecule has 1 spiro atoms. The Bertz CT molecular complexity index is 1020. The Kier molecular flexibility index (Phi) is 6.62. The lowest BCUT2D eigenvalue weighted by Crippen LogP contribution is -2.55. The molecule has 8 heteroatoms. The highest BCUT2D eigenvalue weighted by molar-refractivity contribution is 9.10. The van der Waals surface area contributed by atoms with E-state index < -0.39 is 11.4 Å². The van der Waals surface area contributed by atoms with Gasteiger partial charge in [-0.1, -0.05) is 46.3 Å². The standard InChI is InChI=1S/C24H26BrN4O3/c25-19-9-7-17(8-10-19)16-29-22(31)24(27-23(29)32)11-14-28(15-12-24)13-3-5-18-4-1-2-6-20(18)21(26)30/h1-2,4-10H,3,11-16H2,(H2,26,30)(H,27,32). The maximum Gasteiger partial charge on any atom is 0.325 e. The van der Waals surface area contributed by atoms with Crippen LogP contribution in [0.3, 0.4) is 0 Å².